The minimum absolute atomic E-state index is 0.790. The lowest BCUT2D eigenvalue weighted by Crippen LogP contribution is -2.44. The van der Waals surface area contributed by atoms with Gasteiger partial charge in [0.15, 0.2) is 5.96 Å². The van der Waals surface area contributed by atoms with Crippen LogP contribution in [-0.4, -0.2) is 69.8 Å². The van der Waals surface area contributed by atoms with E-state index in [2.05, 4.69) is 51.4 Å². The number of hydrogen-bond acceptors (Lipinski definition) is 3. The van der Waals surface area contributed by atoms with E-state index in [1.54, 1.807) is 7.11 Å². The molecule has 0 atom stereocenters. The molecule has 1 aliphatic rings. The van der Waals surface area contributed by atoms with E-state index in [0.29, 0.717) is 0 Å². The second-order valence-electron chi connectivity index (χ2n) is 6.06. The summed E-state index contributed by atoms with van der Waals surface area (Å²) < 4.78 is 5.10. The molecular formula is C18H30N4O. The first-order chi connectivity index (χ1) is 11.2. The van der Waals surface area contributed by atoms with Crippen molar-refractivity contribution in [2.24, 2.45) is 4.99 Å². The fourth-order valence-corrected chi connectivity index (χ4v) is 2.92. The Morgan fingerprint density at radius 2 is 2.09 bits per heavy atom. The average molecular weight is 318 g/mol. The van der Waals surface area contributed by atoms with Crippen LogP contribution in [0.2, 0.25) is 0 Å². The maximum Gasteiger partial charge on any atom is 0.193 e. The maximum atomic E-state index is 5.10. The smallest absolute Gasteiger partial charge is 0.193 e. The molecule has 0 aliphatic carbocycles. The molecule has 1 aromatic carbocycles. The van der Waals surface area contributed by atoms with E-state index in [4.69, 9.17) is 4.74 Å². The summed E-state index contributed by atoms with van der Waals surface area (Å²) in [5.74, 6) is 1.01. The van der Waals surface area contributed by atoms with Gasteiger partial charge in [-0.2, -0.15) is 0 Å². The van der Waals surface area contributed by atoms with Gasteiger partial charge in [-0.15, -0.1) is 0 Å². The number of nitrogens with zero attached hydrogens (tertiary/aromatic N) is 3. The second-order valence-corrected chi connectivity index (χ2v) is 6.06. The van der Waals surface area contributed by atoms with Gasteiger partial charge >= 0.3 is 0 Å². The van der Waals surface area contributed by atoms with Crippen molar-refractivity contribution < 1.29 is 4.74 Å². The standard InChI is InChI=1S/C18H30N4O/c1-19-18(20-10-6-11-21(2)13-14-23-3)22-12-9-16-7-4-5-8-17(16)15-22/h4-5,7-8H,6,9-15H2,1-3H3,(H,19,20). The van der Waals surface area contributed by atoms with E-state index >= 15 is 0 Å². The van der Waals surface area contributed by atoms with Crippen LogP contribution in [0.4, 0.5) is 0 Å². The molecular weight excluding hydrogens is 288 g/mol. The van der Waals surface area contributed by atoms with Crippen LogP contribution in [0.25, 0.3) is 0 Å². The van der Waals surface area contributed by atoms with Crippen molar-refractivity contribution in [2.45, 2.75) is 19.4 Å². The number of likely N-dealkylation sites (N-methyl/N-ethyl adjacent to an activating group) is 1. The first kappa shape index (κ1) is 17.8. The molecule has 5 nitrogen and oxygen atoms in total. The Morgan fingerprint density at radius 3 is 2.83 bits per heavy atom. The highest BCUT2D eigenvalue weighted by Crippen LogP contribution is 2.18. The number of hydrogen-bond donors (Lipinski definition) is 1. The molecule has 23 heavy (non-hydrogen) atoms. The minimum atomic E-state index is 0.790. The largest absolute Gasteiger partial charge is 0.383 e. The predicted octanol–water partition coefficient (Wildman–Crippen LogP) is 1.59. The number of rotatable bonds is 7. The van der Waals surface area contributed by atoms with Crippen molar-refractivity contribution >= 4 is 5.96 Å². The van der Waals surface area contributed by atoms with Gasteiger partial charge in [-0.05, 0) is 37.6 Å². The molecule has 0 unspecified atom stereocenters. The van der Waals surface area contributed by atoms with E-state index < -0.39 is 0 Å². The molecule has 0 saturated heterocycles. The van der Waals surface area contributed by atoms with Crippen molar-refractivity contribution in [1.29, 1.82) is 0 Å². The number of aliphatic imine (C=N–C) groups is 1. The van der Waals surface area contributed by atoms with Crippen LogP contribution in [0.15, 0.2) is 29.3 Å². The molecule has 0 radical (unpaired) electrons. The molecule has 128 valence electrons. The predicted molar refractivity (Wildman–Crippen MR) is 95.9 cm³/mol. The number of ether oxygens (including phenoxy) is 1. The van der Waals surface area contributed by atoms with Gasteiger partial charge in [0.2, 0.25) is 0 Å². The molecule has 0 saturated carbocycles. The Hall–Kier alpha value is -1.59. The zero-order chi connectivity index (χ0) is 16.5. The van der Waals surface area contributed by atoms with Gasteiger partial charge in [0.25, 0.3) is 0 Å². The topological polar surface area (TPSA) is 40.1 Å². The third-order valence-electron chi connectivity index (χ3n) is 4.32. The first-order valence-electron chi connectivity index (χ1n) is 8.44. The van der Waals surface area contributed by atoms with Crippen LogP contribution in [0.3, 0.4) is 0 Å². The average Bonchev–Trinajstić information content (AvgIpc) is 2.59. The molecule has 5 heteroatoms. The zero-order valence-corrected chi connectivity index (χ0v) is 14.7. The summed E-state index contributed by atoms with van der Waals surface area (Å²) in [5.41, 5.74) is 2.89. The van der Waals surface area contributed by atoms with Gasteiger partial charge in [0.05, 0.1) is 6.61 Å². The third kappa shape index (κ3) is 5.52. The summed E-state index contributed by atoms with van der Waals surface area (Å²) in [6, 6.07) is 8.70. The van der Waals surface area contributed by atoms with E-state index in [1.807, 2.05) is 7.05 Å². The van der Waals surface area contributed by atoms with E-state index in [0.717, 1.165) is 58.1 Å². The second kappa shape index (κ2) is 9.53. The Labute approximate surface area is 140 Å². The lowest BCUT2D eigenvalue weighted by Gasteiger charge is -2.31. The number of nitrogens with one attached hydrogen (secondary N) is 1. The monoisotopic (exact) mass is 318 g/mol. The fourth-order valence-electron chi connectivity index (χ4n) is 2.92. The highest BCUT2D eigenvalue weighted by molar-refractivity contribution is 5.80. The summed E-state index contributed by atoms with van der Waals surface area (Å²) in [6.45, 7) is 5.76. The highest BCUT2D eigenvalue weighted by Gasteiger charge is 2.18. The molecule has 0 amide bonds. The summed E-state index contributed by atoms with van der Waals surface area (Å²) in [6.07, 6.45) is 2.19. The normalized spacial score (nSPS) is 15.0. The molecule has 0 fully saturated rings. The van der Waals surface area contributed by atoms with Gasteiger partial charge in [-0.1, -0.05) is 24.3 Å². The van der Waals surface area contributed by atoms with Crippen molar-refractivity contribution in [3.63, 3.8) is 0 Å². The molecule has 0 bridgehead atoms. The van der Waals surface area contributed by atoms with Crippen molar-refractivity contribution in [2.75, 3.05) is 54.0 Å². The van der Waals surface area contributed by atoms with Gasteiger partial charge < -0.3 is 19.9 Å². The quantitative estimate of drug-likeness (QED) is 0.471. The first-order valence-corrected chi connectivity index (χ1v) is 8.44. The molecule has 1 aromatic rings. The van der Waals surface area contributed by atoms with Crippen molar-refractivity contribution in [1.82, 2.24) is 15.1 Å². The number of guanidine groups is 1. The number of methoxy groups -OCH3 is 1. The maximum absolute atomic E-state index is 5.10. The molecule has 1 aliphatic heterocycles. The van der Waals surface area contributed by atoms with Gasteiger partial charge in [0.1, 0.15) is 0 Å². The number of fused-ring (bicyclic) bond motifs is 1. The molecule has 1 N–H and O–H groups in total. The van der Waals surface area contributed by atoms with Crippen LogP contribution in [0, 0.1) is 0 Å². The van der Waals surface area contributed by atoms with Gasteiger partial charge in [0, 0.05) is 40.3 Å². The van der Waals surface area contributed by atoms with Crippen LogP contribution >= 0.6 is 0 Å². The van der Waals surface area contributed by atoms with Gasteiger partial charge in [-0.3, -0.25) is 4.99 Å². The Bertz CT molecular complexity index is 504. The highest BCUT2D eigenvalue weighted by atomic mass is 16.5. The lowest BCUT2D eigenvalue weighted by atomic mass is 10.0. The van der Waals surface area contributed by atoms with E-state index in [1.165, 1.54) is 11.1 Å². The summed E-state index contributed by atoms with van der Waals surface area (Å²) in [4.78, 5) is 9.09. The number of benzene rings is 1. The molecule has 0 aromatic heterocycles. The Balaban J connectivity index is 1.74. The Kier molecular flexibility index (Phi) is 7.36. The summed E-state index contributed by atoms with van der Waals surface area (Å²) in [7, 11) is 5.75. The fraction of sp³-hybridized carbons (Fsp3) is 0.611. The van der Waals surface area contributed by atoms with Crippen molar-refractivity contribution in [3.05, 3.63) is 35.4 Å². The summed E-state index contributed by atoms with van der Waals surface area (Å²) in [5, 5.41) is 3.50. The minimum Gasteiger partial charge on any atom is -0.383 e. The van der Waals surface area contributed by atoms with Gasteiger partial charge in [-0.25, -0.2) is 0 Å². The van der Waals surface area contributed by atoms with E-state index in [9.17, 15) is 0 Å². The van der Waals surface area contributed by atoms with E-state index in [-0.39, 0.29) is 0 Å². The van der Waals surface area contributed by atoms with Crippen LogP contribution < -0.4 is 5.32 Å². The van der Waals surface area contributed by atoms with Crippen LogP contribution in [0.1, 0.15) is 17.5 Å². The molecule has 1 heterocycles. The third-order valence-corrected chi connectivity index (χ3v) is 4.32. The van der Waals surface area contributed by atoms with Crippen LogP contribution in [-0.2, 0) is 17.7 Å². The lowest BCUT2D eigenvalue weighted by molar-refractivity contribution is 0.161. The van der Waals surface area contributed by atoms with Crippen LogP contribution in [0.5, 0.6) is 0 Å². The summed E-state index contributed by atoms with van der Waals surface area (Å²) >= 11 is 0. The SMILES string of the molecule is CN=C(NCCCN(C)CCOC)N1CCc2ccccc2C1. The zero-order valence-electron chi connectivity index (χ0n) is 14.7. The molecule has 0 spiro atoms. The Morgan fingerprint density at radius 1 is 1.30 bits per heavy atom. The van der Waals surface area contributed by atoms with Crippen molar-refractivity contribution in [3.8, 4) is 0 Å². The molecule has 2 rings (SSSR count).